The van der Waals surface area contributed by atoms with Gasteiger partial charge in [0.1, 0.15) is 16.0 Å². The van der Waals surface area contributed by atoms with Gasteiger partial charge in [-0.15, -0.1) is 0 Å². The zero-order chi connectivity index (χ0) is 11.8. The predicted octanol–water partition coefficient (Wildman–Crippen LogP) is 1.98. The summed E-state index contributed by atoms with van der Waals surface area (Å²) in [6, 6.07) is 9.64. The van der Waals surface area contributed by atoms with Crippen LogP contribution in [0.2, 0.25) is 0 Å². The Morgan fingerprint density at radius 3 is 2.59 bits per heavy atom. The average molecular weight is 244 g/mol. The van der Waals surface area contributed by atoms with Gasteiger partial charge in [-0.3, -0.25) is 9.97 Å². The fourth-order valence-electron chi connectivity index (χ4n) is 1.67. The van der Waals surface area contributed by atoms with Crippen LogP contribution in [0.3, 0.4) is 0 Å². The van der Waals surface area contributed by atoms with Crippen LogP contribution in [-0.2, 0) is 0 Å². The molecular formula is C11H8N4OS. The monoisotopic (exact) mass is 244 g/mol. The van der Waals surface area contributed by atoms with Crippen LogP contribution in [0.4, 0.5) is 0 Å². The Balaban J connectivity index is 2.31. The van der Waals surface area contributed by atoms with Crippen LogP contribution >= 0.6 is 12.2 Å². The minimum Gasteiger partial charge on any atom is -0.334 e. The molecule has 3 N–H and O–H groups in total. The Hall–Kier alpha value is -2.21. The number of imidazole rings is 1. The fourth-order valence-corrected chi connectivity index (χ4v) is 1.91. The number of aromatic nitrogens is 4. The van der Waals surface area contributed by atoms with Crippen LogP contribution in [0.5, 0.6) is 0 Å². The van der Waals surface area contributed by atoms with Crippen LogP contribution in [0.25, 0.3) is 22.6 Å². The molecule has 0 unspecified atom stereocenters. The topological polar surface area (TPSA) is 77.3 Å². The van der Waals surface area contributed by atoms with E-state index in [1.54, 1.807) is 0 Å². The smallest absolute Gasteiger partial charge is 0.325 e. The summed E-state index contributed by atoms with van der Waals surface area (Å²) >= 11 is 5.06. The number of hydrogen-bond acceptors (Lipinski definition) is 3. The van der Waals surface area contributed by atoms with Gasteiger partial charge in [-0.05, 0) is 0 Å². The molecule has 2 heterocycles. The Morgan fingerprint density at radius 1 is 1.06 bits per heavy atom. The predicted molar refractivity (Wildman–Crippen MR) is 67.3 cm³/mol. The Labute approximate surface area is 101 Å². The summed E-state index contributed by atoms with van der Waals surface area (Å²) in [7, 11) is 0. The molecule has 0 radical (unpaired) electrons. The summed E-state index contributed by atoms with van der Waals surface area (Å²) in [6.45, 7) is 0. The molecule has 17 heavy (non-hydrogen) atoms. The highest BCUT2D eigenvalue weighted by Crippen LogP contribution is 2.18. The van der Waals surface area contributed by atoms with E-state index in [0.29, 0.717) is 21.6 Å². The van der Waals surface area contributed by atoms with Crippen LogP contribution in [0.15, 0.2) is 35.1 Å². The molecule has 0 fully saturated rings. The number of hydrogen-bond donors (Lipinski definition) is 3. The quantitative estimate of drug-likeness (QED) is 0.573. The molecule has 3 aromatic rings. The second-order valence-electron chi connectivity index (χ2n) is 3.58. The van der Waals surface area contributed by atoms with Crippen molar-refractivity contribution in [3.63, 3.8) is 0 Å². The lowest BCUT2D eigenvalue weighted by Crippen LogP contribution is -2.09. The average Bonchev–Trinajstić information content (AvgIpc) is 2.74. The van der Waals surface area contributed by atoms with Gasteiger partial charge in [0.05, 0.1) is 0 Å². The van der Waals surface area contributed by atoms with E-state index in [1.165, 1.54) is 0 Å². The number of nitrogens with zero attached hydrogens (tertiary/aromatic N) is 1. The van der Waals surface area contributed by atoms with Crippen molar-refractivity contribution in [3.05, 3.63) is 45.5 Å². The third kappa shape index (κ3) is 1.68. The molecule has 0 aliphatic rings. The maximum absolute atomic E-state index is 11.2. The molecule has 0 amide bonds. The van der Waals surface area contributed by atoms with Gasteiger partial charge in [-0.2, -0.15) is 0 Å². The van der Waals surface area contributed by atoms with E-state index in [-0.39, 0.29) is 5.69 Å². The Kier molecular flexibility index (Phi) is 2.15. The molecule has 1 aromatic carbocycles. The number of fused-ring (bicyclic) bond motifs is 1. The van der Waals surface area contributed by atoms with Crippen molar-refractivity contribution < 1.29 is 0 Å². The molecule has 0 bridgehead atoms. The first-order valence-electron chi connectivity index (χ1n) is 5.02. The molecule has 5 nitrogen and oxygen atoms in total. The standard InChI is InChI=1S/C11H8N4OS/c16-11-14-9-7(10(17)15-11)12-8(13-9)6-4-2-1-3-5-6/h1-5H,(H3,12,13,14,15,16,17). The van der Waals surface area contributed by atoms with Gasteiger partial charge in [-0.1, -0.05) is 42.5 Å². The first-order valence-corrected chi connectivity index (χ1v) is 5.42. The number of rotatable bonds is 1. The van der Waals surface area contributed by atoms with Crippen LogP contribution < -0.4 is 5.69 Å². The zero-order valence-corrected chi connectivity index (χ0v) is 9.47. The SMILES string of the molecule is O=c1[nH]c(=S)c2[nH]c(-c3ccccc3)nc2[nH]1. The van der Waals surface area contributed by atoms with Crippen LogP contribution in [-0.4, -0.2) is 19.9 Å². The van der Waals surface area contributed by atoms with Gasteiger partial charge in [0, 0.05) is 5.56 Å². The van der Waals surface area contributed by atoms with E-state index in [4.69, 9.17) is 12.2 Å². The number of H-pyrrole nitrogens is 3. The number of benzene rings is 1. The number of nitrogens with one attached hydrogen (secondary N) is 3. The third-order valence-corrected chi connectivity index (χ3v) is 2.74. The van der Waals surface area contributed by atoms with E-state index in [1.807, 2.05) is 30.3 Å². The first kappa shape index (κ1) is 9.98. The van der Waals surface area contributed by atoms with Gasteiger partial charge in [-0.25, -0.2) is 9.78 Å². The minimum absolute atomic E-state index is 0.353. The minimum atomic E-state index is -0.353. The molecule has 0 atom stereocenters. The molecular weight excluding hydrogens is 236 g/mol. The Morgan fingerprint density at radius 2 is 1.82 bits per heavy atom. The van der Waals surface area contributed by atoms with E-state index < -0.39 is 0 Å². The lowest BCUT2D eigenvalue weighted by Gasteiger charge is -1.93. The van der Waals surface area contributed by atoms with Gasteiger partial charge < -0.3 is 4.98 Å². The molecule has 0 aliphatic heterocycles. The highest BCUT2D eigenvalue weighted by molar-refractivity contribution is 7.71. The van der Waals surface area contributed by atoms with Crippen molar-refractivity contribution >= 4 is 23.4 Å². The van der Waals surface area contributed by atoms with Crippen LogP contribution in [0.1, 0.15) is 0 Å². The van der Waals surface area contributed by atoms with Crippen molar-refractivity contribution in [2.45, 2.75) is 0 Å². The van der Waals surface area contributed by atoms with Crippen molar-refractivity contribution in [1.29, 1.82) is 0 Å². The van der Waals surface area contributed by atoms with Gasteiger partial charge in [0.2, 0.25) is 0 Å². The molecule has 0 saturated heterocycles. The normalized spacial score (nSPS) is 10.8. The molecule has 84 valence electrons. The lowest BCUT2D eigenvalue weighted by molar-refractivity contribution is 1.09. The summed E-state index contributed by atoms with van der Waals surface area (Å²) in [5.74, 6) is 0.682. The molecule has 3 rings (SSSR count). The second-order valence-corrected chi connectivity index (χ2v) is 3.99. The third-order valence-electron chi connectivity index (χ3n) is 2.44. The zero-order valence-electron chi connectivity index (χ0n) is 8.65. The second kappa shape index (κ2) is 3.67. The summed E-state index contributed by atoms with van der Waals surface area (Å²) < 4.78 is 0.360. The van der Waals surface area contributed by atoms with E-state index >= 15 is 0 Å². The maximum Gasteiger partial charge on any atom is 0.325 e. The first-order chi connectivity index (χ1) is 8.24. The molecule has 0 spiro atoms. The van der Waals surface area contributed by atoms with Crippen molar-refractivity contribution in [2.75, 3.05) is 0 Å². The molecule has 2 aromatic heterocycles. The van der Waals surface area contributed by atoms with Gasteiger partial charge in [0.15, 0.2) is 5.65 Å². The fraction of sp³-hybridized carbons (Fsp3) is 0. The van der Waals surface area contributed by atoms with Gasteiger partial charge in [0.25, 0.3) is 0 Å². The van der Waals surface area contributed by atoms with E-state index in [0.717, 1.165) is 5.56 Å². The molecule has 6 heteroatoms. The maximum atomic E-state index is 11.2. The van der Waals surface area contributed by atoms with Crippen molar-refractivity contribution in [2.24, 2.45) is 0 Å². The molecule has 0 aliphatic carbocycles. The van der Waals surface area contributed by atoms with Crippen LogP contribution in [0, 0.1) is 4.64 Å². The largest absolute Gasteiger partial charge is 0.334 e. The highest BCUT2D eigenvalue weighted by atomic mass is 32.1. The lowest BCUT2D eigenvalue weighted by atomic mass is 10.2. The van der Waals surface area contributed by atoms with E-state index in [9.17, 15) is 4.79 Å². The summed E-state index contributed by atoms with van der Waals surface area (Å²) in [6.07, 6.45) is 0. The van der Waals surface area contributed by atoms with Gasteiger partial charge >= 0.3 is 5.69 Å². The number of aromatic amines is 3. The molecule has 0 saturated carbocycles. The summed E-state index contributed by atoms with van der Waals surface area (Å²) in [5, 5.41) is 0. The summed E-state index contributed by atoms with van der Waals surface area (Å²) in [4.78, 5) is 23.7. The van der Waals surface area contributed by atoms with E-state index in [2.05, 4.69) is 19.9 Å². The summed E-state index contributed by atoms with van der Waals surface area (Å²) in [5.41, 5.74) is 1.70. The van der Waals surface area contributed by atoms with Crippen molar-refractivity contribution in [3.8, 4) is 11.4 Å². The highest BCUT2D eigenvalue weighted by Gasteiger charge is 2.06. The Bertz CT molecular complexity index is 784. The van der Waals surface area contributed by atoms with Crippen molar-refractivity contribution in [1.82, 2.24) is 19.9 Å².